The molecule has 1 aliphatic rings. The maximum atomic E-state index is 12.9. The van der Waals surface area contributed by atoms with E-state index >= 15 is 0 Å². The Morgan fingerprint density at radius 1 is 1.44 bits per heavy atom. The quantitative estimate of drug-likeness (QED) is 0.823. The first-order valence-corrected chi connectivity index (χ1v) is 9.24. The van der Waals surface area contributed by atoms with E-state index in [4.69, 9.17) is 4.74 Å². The van der Waals surface area contributed by atoms with Crippen molar-refractivity contribution in [1.82, 2.24) is 15.2 Å². The van der Waals surface area contributed by atoms with E-state index in [-0.39, 0.29) is 23.8 Å². The molecule has 6 nitrogen and oxygen atoms in total. The third-order valence-corrected chi connectivity index (χ3v) is 4.47. The minimum absolute atomic E-state index is 0.0506. The number of likely N-dealkylation sites (tertiary alicyclic amines) is 1. The first-order valence-electron chi connectivity index (χ1n) is 9.24. The van der Waals surface area contributed by atoms with Crippen molar-refractivity contribution in [3.8, 4) is 5.88 Å². The zero-order valence-electron chi connectivity index (χ0n) is 15.5. The van der Waals surface area contributed by atoms with Crippen molar-refractivity contribution in [3.05, 3.63) is 23.9 Å². The molecule has 1 N–H and O–H groups in total. The van der Waals surface area contributed by atoms with Crippen molar-refractivity contribution < 1.29 is 14.3 Å². The average Bonchev–Trinajstić information content (AvgIpc) is 2.62. The second-order valence-corrected chi connectivity index (χ2v) is 6.58. The molecule has 1 aliphatic heterocycles. The summed E-state index contributed by atoms with van der Waals surface area (Å²) in [7, 11) is 0. The smallest absolute Gasteiger partial charge is 0.259 e. The van der Waals surface area contributed by atoms with Gasteiger partial charge in [0, 0.05) is 25.3 Å². The normalized spacial score (nSPS) is 18.5. The van der Waals surface area contributed by atoms with E-state index in [1.807, 2.05) is 13.8 Å². The maximum Gasteiger partial charge on any atom is 0.259 e. The predicted octanol–water partition coefficient (Wildman–Crippen LogP) is 2.64. The number of piperidine rings is 1. The number of ether oxygens (including phenoxy) is 1. The van der Waals surface area contributed by atoms with E-state index in [9.17, 15) is 9.59 Å². The summed E-state index contributed by atoms with van der Waals surface area (Å²) >= 11 is 0. The van der Waals surface area contributed by atoms with Gasteiger partial charge in [-0.15, -0.1) is 0 Å². The Balaban J connectivity index is 2.03. The van der Waals surface area contributed by atoms with Crippen LogP contribution in [0.5, 0.6) is 5.88 Å². The molecule has 1 fully saturated rings. The van der Waals surface area contributed by atoms with Crippen molar-refractivity contribution in [2.75, 3.05) is 19.7 Å². The standard InChI is InChI=1S/C19H29N3O3/c1-4-8-14(3)21-17(23)15-9-7-12-22(13-15)19(24)16-10-6-11-20-18(16)25-5-2/h6,10-11,14-15H,4-5,7-9,12-13H2,1-3H3,(H,21,23)/t14-,15-/m0/s1. The zero-order valence-corrected chi connectivity index (χ0v) is 15.5. The number of hydrogen-bond donors (Lipinski definition) is 1. The Bertz CT molecular complexity index is 591. The Kier molecular flexibility index (Phi) is 7.22. The summed E-state index contributed by atoms with van der Waals surface area (Å²) < 4.78 is 5.46. The van der Waals surface area contributed by atoms with Crippen molar-refractivity contribution in [1.29, 1.82) is 0 Å². The molecule has 138 valence electrons. The summed E-state index contributed by atoms with van der Waals surface area (Å²) in [5, 5.41) is 3.07. The number of amides is 2. The van der Waals surface area contributed by atoms with Crippen LogP contribution in [0.4, 0.5) is 0 Å². The van der Waals surface area contributed by atoms with Crippen molar-refractivity contribution in [2.24, 2.45) is 5.92 Å². The minimum Gasteiger partial charge on any atom is -0.477 e. The van der Waals surface area contributed by atoms with Crippen molar-refractivity contribution >= 4 is 11.8 Å². The molecular weight excluding hydrogens is 318 g/mol. The van der Waals surface area contributed by atoms with Gasteiger partial charge in [0.1, 0.15) is 5.56 Å². The van der Waals surface area contributed by atoms with Gasteiger partial charge in [-0.2, -0.15) is 0 Å². The largest absolute Gasteiger partial charge is 0.477 e. The van der Waals surface area contributed by atoms with E-state index in [0.29, 0.717) is 31.1 Å². The van der Waals surface area contributed by atoms with Gasteiger partial charge in [-0.05, 0) is 45.2 Å². The van der Waals surface area contributed by atoms with Gasteiger partial charge in [-0.3, -0.25) is 9.59 Å². The lowest BCUT2D eigenvalue weighted by atomic mass is 9.96. The fourth-order valence-electron chi connectivity index (χ4n) is 3.22. The number of nitrogens with zero attached hydrogens (tertiary/aromatic N) is 2. The Hall–Kier alpha value is -2.11. The minimum atomic E-state index is -0.149. The van der Waals surface area contributed by atoms with Gasteiger partial charge in [0.2, 0.25) is 11.8 Å². The summed E-state index contributed by atoms with van der Waals surface area (Å²) in [4.78, 5) is 31.2. The molecule has 1 saturated heterocycles. The van der Waals surface area contributed by atoms with Crippen LogP contribution in [0.3, 0.4) is 0 Å². The van der Waals surface area contributed by atoms with E-state index in [1.165, 1.54) is 0 Å². The predicted molar refractivity (Wildman–Crippen MR) is 96.5 cm³/mol. The van der Waals surface area contributed by atoms with Crippen molar-refractivity contribution in [3.63, 3.8) is 0 Å². The number of rotatable bonds is 7. The lowest BCUT2D eigenvalue weighted by Crippen LogP contribution is -2.47. The third kappa shape index (κ3) is 5.18. The lowest BCUT2D eigenvalue weighted by molar-refractivity contribution is -0.127. The first kappa shape index (κ1) is 19.2. The van der Waals surface area contributed by atoms with Gasteiger partial charge >= 0.3 is 0 Å². The molecule has 6 heteroatoms. The number of hydrogen-bond acceptors (Lipinski definition) is 4. The maximum absolute atomic E-state index is 12.9. The first-order chi connectivity index (χ1) is 12.1. The fraction of sp³-hybridized carbons (Fsp3) is 0.632. The molecule has 25 heavy (non-hydrogen) atoms. The topological polar surface area (TPSA) is 71.5 Å². The molecule has 0 spiro atoms. The summed E-state index contributed by atoms with van der Waals surface area (Å²) in [5.74, 6) is 0.146. The summed E-state index contributed by atoms with van der Waals surface area (Å²) in [6.07, 6.45) is 5.27. The van der Waals surface area contributed by atoms with Crippen LogP contribution in [-0.2, 0) is 4.79 Å². The van der Waals surface area contributed by atoms with E-state index in [2.05, 4.69) is 17.2 Å². The molecule has 1 aromatic heterocycles. The highest BCUT2D eigenvalue weighted by Gasteiger charge is 2.30. The molecule has 0 radical (unpaired) electrons. The summed E-state index contributed by atoms with van der Waals surface area (Å²) in [6.45, 7) is 7.56. The number of carbonyl (C=O) groups excluding carboxylic acids is 2. The molecule has 0 saturated carbocycles. The van der Waals surface area contributed by atoms with Crippen LogP contribution >= 0.6 is 0 Å². The van der Waals surface area contributed by atoms with Gasteiger partial charge in [-0.1, -0.05) is 13.3 Å². The molecule has 2 atom stereocenters. The number of pyridine rings is 1. The van der Waals surface area contributed by atoms with Crippen LogP contribution in [0.25, 0.3) is 0 Å². The molecule has 1 aromatic rings. The number of carbonyl (C=O) groups is 2. The Morgan fingerprint density at radius 3 is 2.96 bits per heavy atom. The SMILES string of the molecule is CCC[C@H](C)NC(=O)[C@H]1CCCN(C(=O)c2cccnc2OCC)C1. The van der Waals surface area contributed by atoms with Crippen LogP contribution in [0.15, 0.2) is 18.3 Å². The molecule has 2 heterocycles. The van der Waals surface area contributed by atoms with Gasteiger partial charge in [0.05, 0.1) is 12.5 Å². The van der Waals surface area contributed by atoms with Crippen LogP contribution in [0, 0.1) is 5.92 Å². The lowest BCUT2D eigenvalue weighted by Gasteiger charge is -2.32. The second kappa shape index (κ2) is 9.39. The Labute approximate surface area is 150 Å². The van der Waals surface area contributed by atoms with Crippen LogP contribution in [-0.4, -0.2) is 47.4 Å². The molecule has 0 aliphatic carbocycles. The summed E-state index contributed by atoms with van der Waals surface area (Å²) in [5.41, 5.74) is 0.463. The Morgan fingerprint density at radius 2 is 2.24 bits per heavy atom. The molecule has 0 bridgehead atoms. The van der Waals surface area contributed by atoms with E-state index in [0.717, 1.165) is 25.7 Å². The highest BCUT2D eigenvalue weighted by molar-refractivity contribution is 5.96. The third-order valence-electron chi connectivity index (χ3n) is 4.47. The molecule has 2 amide bonds. The summed E-state index contributed by atoms with van der Waals surface area (Å²) in [6, 6.07) is 3.63. The number of nitrogens with one attached hydrogen (secondary N) is 1. The molecule has 2 rings (SSSR count). The zero-order chi connectivity index (χ0) is 18.2. The van der Waals surface area contributed by atoms with Gasteiger partial charge < -0.3 is 15.0 Å². The molecule has 0 aromatic carbocycles. The van der Waals surface area contributed by atoms with Gasteiger partial charge in [0.15, 0.2) is 0 Å². The highest BCUT2D eigenvalue weighted by atomic mass is 16.5. The van der Waals surface area contributed by atoms with Crippen LogP contribution in [0.1, 0.15) is 56.8 Å². The van der Waals surface area contributed by atoms with E-state index in [1.54, 1.807) is 23.2 Å². The molecular formula is C19H29N3O3. The van der Waals surface area contributed by atoms with Gasteiger partial charge in [0.25, 0.3) is 5.91 Å². The number of aromatic nitrogens is 1. The van der Waals surface area contributed by atoms with Crippen LogP contribution in [0.2, 0.25) is 0 Å². The van der Waals surface area contributed by atoms with Crippen LogP contribution < -0.4 is 10.1 Å². The van der Waals surface area contributed by atoms with E-state index < -0.39 is 0 Å². The highest BCUT2D eigenvalue weighted by Crippen LogP contribution is 2.22. The van der Waals surface area contributed by atoms with Gasteiger partial charge in [-0.25, -0.2) is 4.98 Å². The molecule has 0 unspecified atom stereocenters. The fourth-order valence-corrected chi connectivity index (χ4v) is 3.22. The second-order valence-electron chi connectivity index (χ2n) is 6.58. The van der Waals surface area contributed by atoms with Crippen molar-refractivity contribution in [2.45, 2.75) is 52.5 Å². The monoisotopic (exact) mass is 347 g/mol. The average molecular weight is 347 g/mol.